The van der Waals surface area contributed by atoms with E-state index in [2.05, 4.69) is 30.9 Å². The van der Waals surface area contributed by atoms with E-state index in [0.29, 0.717) is 27.6 Å². The molecule has 2 aromatic heterocycles. The van der Waals surface area contributed by atoms with Crippen molar-refractivity contribution in [2.24, 2.45) is 0 Å². The maximum atomic E-state index is 5.56. The van der Waals surface area contributed by atoms with Crippen LogP contribution in [-0.4, -0.2) is 15.0 Å². The van der Waals surface area contributed by atoms with Crippen LogP contribution in [0.3, 0.4) is 0 Å². The third-order valence-electron chi connectivity index (χ3n) is 1.84. The zero-order valence-corrected chi connectivity index (χ0v) is 10.1. The fourth-order valence-electron chi connectivity index (χ4n) is 1.06. The third kappa shape index (κ3) is 2.46. The van der Waals surface area contributed by atoms with Gasteiger partial charge < -0.3 is 10.5 Å². The van der Waals surface area contributed by atoms with Crippen molar-refractivity contribution in [2.75, 3.05) is 5.73 Å². The van der Waals surface area contributed by atoms with Gasteiger partial charge in [0.05, 0.1) is 23.1 Å². The van der Waals surface area contributed by atoms with Crippen LogP contribution in [0.25, 0.3) is 0 Å². The molecule has 0 saturated carbocycles. The van der Waals surface area contributed by atoms with E-state index in [4.69, 9.17) is 10.5 Å². The van der Waals surface area contributed by atoms with Crippen molar-refractivity contribution in [3.8, 4) is 11.5 Å². The van der Waals surface area contributed by atoms with Crippen LogP contribution in [-0.2, 0) is 0 Å². The van der Waals surface area contributed by atoms with Gasteiger partial charge in [0.25, 0.3) is 0 Å². The van der Waals surface area contributed by atoms with E-state index in [0.717, 1.165) is 0 Å². The first kappa shape index (κ1) is 10.8. The summed E-state index contributed by atoms with van der Waals surface area (Å²) in [4.78, 5) is 12.0. The Hall–Kier alpha value is -1.69. The zero-order chi connectivity index (χ0) is 11.5. The number of pyridine rings is 1. The summed E-state index contributed by atoms with van der Waals surface area (Å²) in [6.07, 6.45) is 4.75. The highest BCUT2D eigenvalue weighted by molar-refractivity contribution is 9.10. The molecule has 16 heavy (non-hydrogen) atoms. The fourth-order valence-corrected chi connectivity index (χ4v) is 1.38. The fraction of sp³-hybridized carbons (Fsp3) is 0.100. The molecule has 2 aromatic rings. The van der Waals surface area contributed by atoms with Crippen molar-refractivity contribution >= 4 is 21.7 Å². The normalized spacial score (nSPS) is 10.1. The monoisotopic (exact) mass is 280 g/mol. The average molecular weight is 281 g/mol. The Balaban J connectivity index is 2.20. The van der Waals surface area contributed by atoms with Gasteiger partial charge in [-0.3, -0.25) is 0 Å². The minimum Gasteiger partial charge on any atom is -0.452 e. The van der Waals surface area contributed by atoms with Crippen molar-refractivity contribution in [3.63, 3.8) is 0 Å². The molecular weight excluding hydrogens is 272 g/mol. The van der Waals surface area contributed by atoms with E-state index >= 15 is 0 Å². The number of nitrogens with zero attached hydrogens (tertiary/aromatic N) is 3. The molecule has 82 valence electrons. The minimum atomic E-state index is 0.424. The summed E-state index contributed by atoms with van der Waals surface area (Å²) < 4.78 is 6.19. The highest BCUT2D eigenvalue weighted by atomic mass is 79.9. The van der Waals surface area contributed by atoms with Crippen LogP contribution in [0.1, 0.15) is 5.82 Å². The lowest BCUT2D eigenvalue weighted by Crippen LogP contribution is -1.94. The van der Waals surface area contributed by atoms with Crippen LogP contribution < -0.4 is 10.5 Å². The lowest BCUT2D eigenvalue weighted by molar-refractivity contribution is 0.474. The summed E-state index contributed by atoms with van der Waals surface area (Å²) in [5, 5.41) is 0. The van der Waals surface area contributed by atoms with Crippen LogP contribution in [0, 0.1) is 6.92 Å². The van der Waals surface area contributed by atoms with Crippen LogP contribution in [0.2, 0.25) is 0 Å². The maximum Gasteiger partial charge on any atom is 0.164 e. The van der Waals surface area contributed by atoms with Crippen molar-refractivity contribution in [1.29, 1.82) is 0 Å². The van der Waals surface area contributed by atoms with E-state index in [1.807, 2.05) is 6.92 Å². The molecule has 2 N–H and O–H groups in total. The van der Waals surface area contributed by atoms with Crippen LogP contribution >= 0.6 is 15.9 Å². The van der Waals surface area contributed by atoms with Gasteiger partial charge in [0, 0.05) is 6.07 Å². The first-order chi connectivity index (χ1) is 7.65. The Labute approximate surface area is 101 Å². The number of ether oxygens (including phenoxy) is 1. The molecule has 0 atom stereocenters. The molecule has 0 spiro atoms. The molecule has 0 aliphatic carbocycles. The highest BCUT2D eigenvalue weighted by Gasteiger charge is 2.02. The standard InChI is InChI=1S/C10H9BrN4O/c1-6-13-4-8(5-14-6)16-7-2-9(11)10(12)15-3-7/h2-5H,1H3,(H2,12,15). The molecule has 0 fully saturated rings. The molecule has 2 rings (SSSR count). The van der Waals surface area contributed by atoms with Crippen molar-refractivity contribution in [3.05, 3.63) is 35.0 Å². The molecule has 6 heteroatoms. The largest absolute Gasteiger partial charge is 0.452 e. The smallest absolute Gasteiger partial charge is 0.164 e. The number of hydrogen-bond acceptors (Lipinski definition) is 5. The summed E-state index contributed by atoms with van der Waals surface area (Å²) >= 11 is 3.27. The van der Waals surface area contributed by atoms with Gasteiger partial charge in [-0.05, 0) is 22.9 Å². The van der Waals surface area contributed by atoms with Gasteiger partial charge in [0.1, 0.15) is 17.4 Å². The SMILES string of the molecule is Cc1ncc(Oc2cnc(N)c(Br)c2)cn1. The number of aryl methyl sites for hydroxylation is 1. The van der Waals surface area contributed by atoms with Gasteiger partial charge >= 0.3 is 0 Å². The second-order valence-electron chi connectivity index (χ2n) is 3.11. The van der Waals surface area contributed by atoms with E-state index in [9.17, 15) is 0 Å². The molecule has 5 nitrogen and oxygen atoms in total. The minimum absolute atomic E-state index is 0.424. The Morgan fingerprint density at radius 1 is 1.12 bits per heavy atom. The highest BCUT2D eigenvalue weighted by Crippen LogP contribution is 2.25. The predicted molar refractivity (Wildman–Crippen MR) is 63.2 cm³/mol. The Morgan fingerprint density at radius 2 is 1.75 bits per heavy atom. The molecule has 0 amide bonds. The summed E-state index contributed by atoms with van der Waals surface area (Å²) in [5.74, 6) is 2.26. The van der Waals surface area contributed by atoms with Gasteiger partial charge in [-0.2, -0.15) is 0 Å². The lowest BCUT2D eigenvalue weighted by Gasteiger charge is -2.05. The number of rotatable bonds is 2. The van der Waals surface area contributed by atoms with E-state index < -0.39 is 0 Å². The average Bonchev–Trinajstić information content (AvgIpc) is 2.27. The molecular formula is C10H9BrN4O. The van der Waals surface area contributed by atoms with Gasteiger partial charge in [-0.25, -0.2) is 15.0 Å². The zero-order valence-electron chi connectivity index (χ0n) is 8.51. The lowest BCUT2D eigenvalue weighted by atomic mass is 10.4. The summed E-state index contributed by atoms with van der Waals surface area (Å²) in [5.41, 5.74) is 5.56. The number of nitrogens with two attached hydrogens (primary N) is 1. The van der Waals surface area contributed by atoms with E-state index in [-0.39, 0.29) is 0 Å². The molecule has 0 aliphatic heterocycles. The molecule has 0 aromatic carbocycles. The van der Waals surface area contributed by atoms with E-state index in [1.54, 1.807) is 24.7 Å². The van der Waals surface area contributed by atoms with Gasteiger partial charge in [0.15, 0.2) is 5.75 Å². The second-order valence-corrected chi connectivity index (χ2v) is 3.96. The molecule has 0 bridgehead atoms. The Morgan fingerprint density at radius 3 is 2.38 bits per heavy atom. The predicted octanol–water partition coefficient (Wildman–Crippen LogP) is 2.32. The summed E-state index contributed by atoms with van der Waals surface area (Å²) in [6.45, 7) is 1.81. The first-order valence-electron chi connectivity index (χ1n) is 4.52. The number of anilines is 1. The molecule has 0 radical (unpaired) electrons. The Kier molecular flexibility index (Phi) is 3.00. The number of nitrogen functional groups attached to an aromatic ring is 1. The third-order valence-corrected chi connectivity index (χ3v) is 2.47. The summed E-state index contributed by atoms with van der Waals surface area (Å²) in [6, 6.07) is 1.74. The molecule has 2 heterocycles. The number of hydrogen-bond donors (Lipinski definition) is 1. The number of aromatic nitrogens is 3. The number of halogens is 1. The van der Waals surface area contributed by atoms with Crippen LogP contribution in [0.15, 0.2) is 29.1 Å². The van der Waals surface area contributed by atoms with Crippen molar-refractivity contribution in [1.82, 2.24) is 15.0 Å². The second kappa shape index (κ2) is 4.44. The van der Waals surface area contributed by atoms with Gasteiger partial charge in [-0.1, -0.05) is 0 Å². The van der Waals surface area contributed by atoms with Crippen molar-refractivity contribution < 1.29 is 4.74 Å². The van der Waals surface area contributed by atoms with Crippen molar-refractivity contribution in [2.45, 2.75) is 6.92 Å². The summed E-state index contributed by atoms with van der Waals surface area (Å²) in [7, 11) is 0. The molecule has 0 unspecified atom stereocenters. The molecule has 0 aliphatic rings. The topological polar surface area (TPSA) is 73.9 Å². The van der Waals surface area contributed by atoms with Gasteiger partial charge in [-0.15, -0.1) is 0 Å². The maximum absolute atomic E-state index is 5.56. The van der Waals surface area contributed by atoms with Gasteiger partial charge in [0.2, 0.25) is 0 Å². The van der Waals surface area contributed by atoms with Crippen LogP contribution in [0.5, 0.6) is 11.5 Å². The first-order valence-corrected chi connectivity index (χ1v) is 5.32. The Bertz CT molecular complexity index is 501. The molecule has 0 saturated heterocycles. The van der Waals surface area contributed by atoms with E-state index in [1.165, 1.54) is 0 Å². The quantitative estimate of drug-likeness (QED) is 0.914. The van der Waals surface area contributed by atoms with Crippen LogP contribution in [0.4, 0.5) is 5.82 Å².